The maximum atomic E-state index is 13.1. The molecule has 6 heteroatoms. The van der Waals surface area contributed by atoms with Gasteiger partial charge in [-0.2, -0.15) is 0 Å². The number of carbonyl (C=O) groups is 2. The van der Waals surface area contributed by atoms with Crippen LogP contribution in [0.15, 0.2) is 36.5 Å². The number of aryl methyl sites for hydroxylation is 1. The first-order valence-corrected chi connectivity index (χ1v) is 11.3. The zero-order valence-electron chi connectivity index (χ0n) is 18.4. The average molecular weight is 422 g/mol. The van der Waals surface area contributed by atoms with Crippen molar-refractivity contribution in [2.75, 3.05) is 24.6 Å². The normalized spacial score (nSPS) is 18.2. The van der Waals surface area contributed by atoms with E-state index in [1.807, 2.05) is 18.2 Å². The Labute approximate surface area is 184 Å². The summed E-state index contributed by atoms with van der Waals surface area (Å²) in [7, 11) is 0. The van der Waals surface area contributed by atoms with E-state index >= 15 is 0 Å². The van der Waals surface area contributed by atoms with E-state index in [4.69, 9.17) is 4.74 Å². The molecule has 1 N–H and O–H groups in total. The molecule has 0 bridgehead atoms. The standard InChI is InChI=1S/C25H31N3O3/c1-17(2)19-9-7-18(8-10-19)13-24(29)28-11-3-6-22-23(28)14-20(15-26-22)25(30)27-16-21-5-4-12-31-21/h7-10,14-15,17,21H,3-6,11-13,16H2,1-2H3,(H,27,30). The van der Waals surface area contributed by atoms with Gasteiger partial charge in [-0.05, 0) is 48.8 Å². The van der Waals surface area contributed by atoms with Gasteiger partial charge < -0.3 is 15.0 Å². The molecule has 1 saturated heterocycles. The molecule has 0 aliphatic carbocycles. The van der Waals surface area contributed by atoms with E-state index in [-0.39, 0.29) is 17.9 Å². The zero-order valence-corrected chi connectivity index (χ0v) is 18.4. The Morgan fingerprint density at radius 2 is 2.03 bits per heavy atom. The summed E-state index contributed by atoms with van der Waals surface area (Å²) in [6.45, 7) is 6.24. The van der Waals surface area contributed by atoms with Crippen LogP contribution in [0.3, 0.4) is 0 Å². The van der Waals surface area contributed by atoms with E-state index in [1.54, 1.807) is 11.1 Å². The molecule has 1 aromatic heterocycles. The highest BCUT2D eigenvalue weighted by atomic mass is 16.5. The number of hydrogen-bond acceptors (Lipinski definition) is 4. The minimum Gasteiger partial charge on any atom is -0.376 e. The molecule has 3 heterocycles. The van der Waals surface area contributed by atoms with Gasteiger partial charge in [-0.15, -0.1) is 0 Å². The van der Waals surface area contributed by atoms with Gasteiger partial charge in [0.1, 0.15) is 0 Å². The van der Waals surface area contributed by atoms with E-state index in [9.17, 15) is 9.59 Å². The molecule has 4 rings (SSSR count). The molecule has 1 atom stereocenters. The number of carbonyl (C=O) groups excluding carboxylic acids is 2. The molecule has 0 radical (unpaired) electrons. The Hall–Kier alpha value is -2.73. The summed E-state index contributed by atoms with van der Waals surface area (Å²) in [5.74, 6) is 0.333. The smallest absolute Gasteiger partial charge is 0.253 e. The molecule has 1 fully saturated rings. The molecular weight excluding hydrogens is 390 g/mol. The van der Waals surface area contributed by atoms with Crippen LogP contribution >= 0.6 is 0 Å². The van der Waals surface area contributed by atoms with Crippen LogP contribution in [0.25, 0.3) is 0 Å². The van der Waals surface area contributed by atoms with E-state index in [0.717, 1.165) is 49.2 Å². The first-order chi connectivity index (χ1) is 15.0. The summed E-state index contributed by atoms with van der Waals surface area (Å²) in [5, 5.41) is 2.94. The number of hydrogen-bond donors (Lipinski definition) is 1. The van der Waals surface area contributed by atoms with Crippen molar-refractivity contribution < 1.29 is 14.3 Å². The molecule has 0 saturated carbocycles. The lowest BCUT2D eigenvalue weighted by atomic mass is 10.00. The van der Waals surface area contributed by atoms with Crippen molar-refractivity contribution in [1.82, 2.24) is 10.3 Å². The number of fused-ring (bicyclic) bond motifs is 1. The van der Waals surface area contributed by atoms with Crippen LogP contribution < -0.4 is 10.2 Å². The quantitative estimate of drug-likeness (QED) is 0.773. The summed E-state index contributed by atoms with van der Waals surface area (Å²) in [6.07, 6.45) is 5.76. The van der Waals surface area contributed by atoms with Crippen molar-refractivity contribution in [3.63, 3.8) is 0 Å². The van der Waals surface area contributed by atoms with Gasteiger partial charge in [0, 0.05) is 25.9 Å². The van der Waals surface area contributed by atoms with Gasteiger partial charge in [0.05, 0.1) is 29.5 Å². The Morgan fingerprint density at radius 3 is 2.74 bits per heavy atom. The van der Waals surface area contributed by atoms with Crippen LogP contribution in [0.1, 0.15) is 66.2 Å². The molecule has 6 nitrogen and oxygen atoms in total. The van der Waals surface area contributed by atoms with Crippen LogP contribution in [0, 0.1) is 0 Å². The van der Waals surface area contributed by atoms with Crippen molar-refractivity contribution in [2.24, 2.45) is 0 Å². The van der Waals surface area contributed by atoms with Crippen LogP contribution in [0.2, 0.25) is 0 Å². The number of pyridine rings is 1. The van der Waals surface area contributed by atoms with Crippen molar-refractivity contribution in [3.8, 4) is 0 Å². The van der Waals surface area contributed by atoms with Gasteiger partial charge in [0.25, 0.3) is 5.91 Å². The second-order valence-electron chi connectivity index (χ2n) is 8.76. The number of nitrogens with zero attached hydrogens (tertiary/aromatic N) is 2. The maximum absolute atomic E-state index is 13.1. The van der Waals surface area contributed by atoms with Crippen molar-refractivity contribution in [3.05, 3.63) is 58.9 Å². The summed E-state index contributed by atoms with van der Waals surface area (Å²) in [4.78, 5) is 32.0. The SMILES string of the molecule is CC(C)c1ccc(CC(=O)N2CCCc3ncc(C(=O)NCC4CCCO4)cc32)cc1. The molecule has 2 aliphatic heterocycles. The first kappa shape index (κ1) is 21.5. The highest BCUT2D eigenvalue weighted by molar-refractivity contribution is 5.99. The third kappa shape index (κ3) is 5.13. The topological polar surface area (TPSA) is 71.5 Å². The lowest BCUT2D eigenvalue weighted by Crippen LogP contribution is -2.37. The summed E-state index contributed by atoms with van der Waals surface area (Å²) >= 11 is 0. The zero-order chi connectivity index (χ0) is 21.8. The summed E-state index contributed by atoms with van der Waals surface area (Å²) in [5.41, 5.74) is 4.39. The Morgan fingerprint density at radius 1 is 1.23 bits per heavy atom. The number of rotatable bonds is 6. The third-order valence-corrected chi connectivity index (χ3v) is 6.11. The van der Waals surface area contributed by atoms with E-state index in [0.29, 0.717) is 31.0 Å². The Balaban J connectivity index is 1.46. The van der Waals surface area contributed by atoms with Gasteiger partial charge in [0.15, 0.2) is 0 Å². The van der Waals surface area contributed by atoms with Crippen LogP contribution in [-0.2, 0) is 22.4 Å². The van der Waals surface area contributed by atoms with E-state index in [1.165, 1.54) is 5.56 Å². The van der Waals surface area contributed by atoms with Crippen molar-refractivity contribution in [1.29, 1.82) is 0 Å². The highest BCUT2D eigenvalue weighted by Gasteiger charge is 2.25. The third-order valence-electron chi connectivity index (χ3n) is 6.11. The van der Waals surface area contributed by atoms with E-state index in [2.05, 4.69) is 36.3 Å². The van der Waals surface area contributed by atoms with E-state index < -0.39 is 0 Å². The molecule has 1 unspecified atom stereocenters. The number of aromatic nitrogens is 1. The molecule has 1 aromatic carbocycles. The minimum absolute atomic E-state index is 0.0389. The van der Waals surface area contributed by atoms with Gasteiger partial charge in [0.2, 0.25) is 5.91 Å². The fourth-order valence-corrected chi connectivity index (χ4v) is 4.22. The number of anilines is 1. The second kappa shape index (κ2) is 9.60. The number of amides is 2. The molecule has 2 aromatic rings. The second-order valence-corrected chi connectivity index (χ2v) is 8.76. The highest BCUT2D eigenvalue weighted by Crippen LogP contribution is 2.27. The first-order valence-electron chi connectivity index (χ1n) is 11.3. The number of nitrogens with one attached hydrogen (secondary N) is 1. The monoisotopic (exact) mass is 421 g/mol. The fourth-order valence-electron chi connectivity index (χ4n) is 4.22. The van der Waals surface area contributed by atoms with Gasteiger partial charge in [-0.3, -0.25) is 14.6 Å². The van der Waals surface area contributed by atoms with Crippen molar-refractivity contribution >= 4 is 17.5 Å². The Kier molecular flexibility index (Phi) is 6.66. The maximum Gasteiger partial charge on any atom is 0.253 e. The predicted molar refractivity (Wildman–Crippen MR) is 120 cm³/mol. The van der Waals surface area contributed by atoms with Crippen LogP contribution in [-0.4, -0.2) is 42.6 Å². The largest absolute Gasteiger partial charge is 0.376 e. The molecular formula is C25H31N3O3. The predicted octanol–water partition coefficient (Wildman–Crippen LogP) is 3.64. The minimum atomic E-state index is -0.173. The number of ether oxygens (including phenoxy) is 1. The molecule has 31 heavy (non-hydrogen) atoms. The van der Waals surface area contributed by atoms with Gasteiger partial charge >= 0.3 is 0 Å². The molecule has 2 amide bonds. The van der Waals surface area contributed by atoms with Crippen LogP contribution in [0.4, 0.5) is 5.69 Å². The fraction of sp³-hybridized carbons (Fsp3) is 0.480. The van der Waals surface area contributed by atoms with Gasteiger partial charge in [-0.25, -0.2) is 0 Å². The Bertz CT molecular complexity index is 934. The number of benzene rings is 1. The molecule has 164 valence electrons. The van der Waals surface area contributed by atoms with Gasteiger partial charge in [-0.1, -0.05) is 38.1 Å². The lowest BCUT2D eigenvalue weighted by Gasteiger charge is -2.29. The molecule has 2 aliphatic rings. The van der Waals surface area contributed by atoms with Crippen molar-refractivity contribution in [2.45, 2.75) is 58.0 Å². The molecule has 0 spiro atoms. The summed E-state index contributed by atoms with van der Waals surface area (Å²) < 4.78 is 5.57. The van der Waals surface area contributed by atoms with Crippen LogP contribution in [0.5, 0.6) is 0 Å². The lowest BCUT2D eigenvalue weighted by molar-refractivity contribution is -0.118. The average Bonchev–Trinajstić information content (AvgIpc) is 3.30. The summed E-state index contributed by atoms with van der Waals surface area (Å²) in [6, 6.07) is 10.1.